The number of hydrogen-bond donors (Lipinski definition) is 1. The number of fused-ring (bicyclic) bond motifs is 2. The van der Waals surface area contributed by atoms with Gasteiger partial charge in [-0.2, -0.15) is 0 Å². The van der Waals surface area contributed by atoms with Crippen molar-refractivity contribution in [3.63, 3.8) is 0 Å². The number of halogens is 1. The molecule has 0 spiro atoms. The molecule has 0 bridgehead atoms. The van der Waals surface area contributed by atoms with E-state index < -0.39 is 0 Å². The quantitative estimate of drug-likeness (QED) is 0.827. The number of aromatic nitrogens is 1. The predicted molar refractivity (Wildman–Crippen MR) is 89.3 cm³/mol. The van der Waals surface area contributed by atoms with Gasteiger partial charge in [-0.25, -0.2) is 0 Å². The van der Waals surface area contributed by atoms with Crippen LogP contribution in [0.15, 0.2) is 24.4 Å². The maximum absolute atomic E-state index is 13.0. The zero-order valence-corrected chi connectivity index (χ0v) is 14.0. The van der Waals surface area contributed by atoms with E-state index in [0.717, 1.165) is 29.4 Å². The SMILES string of the molecule is CC1(C)CC2N(C(=O)c3c[nH]c4ccc(Cl)cc34)CC2(C)C1. The lowest BCUT2D eigenvalue weighted by Crippen LogP contribution is -2.62. The number of rotatable bonds is 1. The van der Waals surface area contributed by atoms with Crippen molar-refractivity contribution in [3.8, 4) is 0 Å². The van der Waals surface area contributed by atoms with Gasteiger partial charge in [-0.05, 0) is 36.5 Å². The van der Waals surface area contributed by atoms with Gasteiger partial charge in [-0.15, -0.1) is 0 Å². The zero-order valence-electron chi connectivity index (χ0n) is 13.2. The van der Waals surface area contributed by atoms with E-state index >= 15 is 0 Å². The molecule has 2 aliphatic rings. The third-order valence-corrected chi connectivity index (χ3v) is 5.71. The molecule has 4 heteroatoms. The number of amides is 1. The van der Waals surface area contributed by atoms with E-state index in [1.54, 1.807) is 0 Å². The normalized spacial score (nSPS) is 29.5. The molecule has 1 aliphatic heterocycles. The Morgan fingerprint density at radius 1 is 1.36 bits per heavy atom. The van der Waals surface area contributed by atoms with Crippen molar-refractivity contribution in [2.75, 3.05) is 6.54 Å². The Bertz CT molecular complexity index is 778. The molecular weight excluding hydrogens is 296 g/mol. The maximum Gasteiger partial charge on any atom is 0.256 e. The molecule has 1 aliphatic carbocycles. The number of hydrogen-bond acceptors (Lipinski definition) is 1. The molecule has 2 atom stereocenters. The summed E-state index contributed by atoms with van der Waals surface area (Å²) in [6.45, 7) is 7.81. The molecule has 0 radical (unpaired) electrons. The Kier molecular flexibility index (Phi) is 2.75. The van der Waals surface area contributed by atoms with Gasteiger partial charge in [0.25, 0.3) is 5.91 Å². The molecule has 1 N–H and O–H groups in total. The standard InChI is InChI=1S/C18H21ClN2O/c1-17(2)7-15-18(3,9-17)10-21(15)16(22)13-8-20-14-5-4-11(19)6-12(13)14/h4-6,8,15,20H,7,9-10H2,1-3H3. The van der Waals surface area contributed by atoms with Crippen molar-refractivity contribution in [1.29, 1.82) is 0 Å². The molecule has 4 rings (SSSR count). The van der Waals surface area contributed by atoms with Gasteiger partial charge in [-0.1, -0.05) is 32.4 Å². The first-order valence-corrected chi connectivity index (χ1v) is 8.25. The first-order chi connectivity index (χ1) is 10.3. The van der Waals surface area contributed by atoms with E-state index in [4.69, 9.17) is 11.6 Å². The second-order valence-electron chi connectivity index (χ2n) is 8.04. The molecule has 1 saturated heterocycles. The summed E-state index contributed by atoms with van der Waals surface area (Å²) in [5.74, 6) is 0.133. The molecular formula is C18H21ClN2O. The molecule has 3 nitrogen and oxygen atoms in total. The molecule has 1 aromatic carbocycles. The highest BCUT2D eigenvalue weighted by molar-refractivity contribution is 6.31. The summed E-state index contributed by atoms with van der Waals surface area (Å²) in [7, 11) is 0. The summed E-state index contributed by atoms with van der Waals surface area (Å²) in [5.41, 5.74) is 2.33. The van der Waals surface area contributed by atoms with Crippen LogP contribution in [0.3, 0.4) is 0 Å². The number of aromatic amines is 1. The van der Waals surface area contributed by atoms with Gasteiger partial charge in [0.05, 0.1) is 5.56 Å². The second kappa shape index (κ2) is 4.29. The highest BCUT2D eigenvalue weighted by Gasteiger charge is 2.59. The Balaban J connectivity index is 1.67. The summed E-state index contributed by atoms with van der Waals surface area (Å²) >= 11 is 6.09. The van der Waals surface area contributed by atoms with Crippen molar-refractivity contribution in [1.82, 2.24) is 9.88 Å². The van der Waals surface area contributed by atoms with Crippen LogP contribution in [0.1, 0.15) is 44.0 Å². The minimum atomic E-state index is 0.133. The lowest BCUT2D eigenvalue weighted by Gasteiger charge is -2.52. The van der Waals surface area contributed by atoms with E-state index in [0.29, 0.717) is 21.9 Å². The van der Waals surface area contributed by atoms with Crippen molar-refractivity contribution >= 4 is 28.4 Å². The number of carbonyl (C=O) groups excluding carboxylic acids is 1. The lowest BCUT2D eigenvalue weighted by molar-refractivity contribution is -0.0214. The summed E-state index contributed by atoms with van der Waals surface area (Å²) in [4.78, 5) is 18.2. The monoisotopic (exact) mass is 316 g/mol. The van der Waals surface area contributed by atoms with Gasteiger partial charge < -0.3 is 9.88 Å². The van der Waals surface area contributed by atoms with Crippen LogP contribution >= 0.6 is 11.6 Å². The maximum atomic E-state index is 13.0. The zero-order chi connectivity index (χ0) is 15.7. The lowest BCUT2D eigenvalue weighted by atomic mass is 9.74. The number of H-pyrrole nitrogens is 1. The molecule has 1 saturated carbocycles. The molecule has 1 aromatic heterocycles. The number of likely N-dealkylation sites (tertiary alicyclic amines) is 1. The fraction of sp³-hybridized carbons (Fsp3) is 0.500. The number of carbonyl (C=O) groups is 1. The van der Waals surface area contributed by atoms with Gasteiger partial charge in [0.2, 0.25) is 0 Å². The van der Waals surface area contributed by atoms with Crippen LogP contribution in [0, 0.1) is 10.8 Å². The Hall–Kier alpha value is -1.48. The Morgan fingerprint density at radius 2 is 2.14 bits per heavy atom. The van der Waals surface area contributed by atoms with Crippen LogP contribution in [0.5, 0.6) is 0 Å². The summed E-state index contributed by atoms with van der Waals surface area (Å²) in [6, 6.07) is 6.01. The first kappa shape index (κ1) is 14.1. The largest absolute Gasteiger partial charge is 0.360 e. The van der Waals surface area contributed by atoms with Gasteiger partial charge in [0.1, 0.15) is 0 Å². The average Bonchev–Trinajstić information content (AvgIpc) is 2.91. The van der Waals surface area contributed by atoms with Crippen molar-refractivity contribution in [2.24, 2.45) is 10.8 Å². The van der Waals surface area contributed by atoms with E-state index in [-0.39, 0.29) is 5.91 Å². The fourth-order valence-electron chi connectivity index (χ4n) is 4.73. The smallest absolute Gasteiger partial charge is 0.256 e. The third kappa shape index (κ3) is 1.91. The molecule has 2 unspecified atom stereocenters. The van der Waals surface area contributed by atoms with Gasteiger partial charge in [0, 0.05) is 40.1 Å². The second-order valence-corrected chi connectivity index (χ2v) is 8.48. The Labute approximate surface area is 135 Å². The van der Waals surface area contributed by atoms with Crippen molar-refractivity contribution in [2.45, 2.75) is 39.7 Å². The highest BCUT2D eigenvalue weighted by atomic mass is 35.5. The van der Waals surface area contributed by atoms with Crippen LogP contribution in [0.2, 0.25) is 5.02 Å². The first-order valence-electron chi connectivity index (χ1n) is 7.87. The van der Waals surface area contributed by atoms with Crippen molar-refractivity contribution in [3.05, 3.63) is 35.0 Å². The van der Waals surface area contributed by atoms with E-state index in [1.165, 1.54) is 6.42 Å². The van der Waals surface area contributed by atoms with Crippen LogP contribution < -0.4 is 0 Å². The number of benzene rings is 1. The third-order valence-electron chi connectivity index (χ3n) is 5.48. The van der Waals surface area contributed by atoms with Crippen LogP contribution in [-0.4, -0.2) is 28.4 Å². The summed E-state index contributed by atoms with van der Waals surface area (Å²) in [6.07, 6.45) is 4.12. The average molecular weight is 317 g/mol. The van der Waals surface area contributed by atoms with Crippen molar-refractivity contribution < 1.29 is 4.79 Å². The van der Waals surface area contributed by atoms with E-state index in [2.05, 4.69) is 30.7 Å². The number of nitrogens with one attached hydrogen (secondary N) is 1. The molecule has 1 amide bonds. The van der Waals surface area contributed by atoms with Gasteiger partial charge in [0.15, 0.2) is 0 Å². The minimum Gasteiger partial charge on any atom is -0.360 e. The molecule has 2 heterocycles. The fourth-order valence-corrected chi connectivity index (χ4v) is 4.90. The molecule has 116 valence electrons. The predicted octanol–water partition coefficient (Wildman–Crippen LogP) is 4.47. The van der Waals surface area contributed by atoms with Gasteiger partial charge in [-0.3, -0.25) is 4.79 Å². The van der Waals surface area contributed by atoms with Crippen LogP contribution in [0.25, 0.3) is 10.9 Å². The van der Waals surface area contributed by atoms with Gasteiger partial charge >= 0.3 is 0 Å². The van der Waals surface area contributed by atoms with Crippen LogP contribution in [0.4, 0.5) is 0 Å². The highest BCUT2D eigenvalue weighted by Crippen LogP contribution is 2.57. The topological polar surface area (TPSA) is 36.1 Å². The molecule has 2 fully saturated rings. The Morgan fingerprint density at radius 3 is 2.86 bits per heavy atom. The van der Waals surface area contributed by atoms with E-state index in [1.807, 2.05) is 24.4 Å². The minimum absolute atomic E-state index is 0.133. The van der Waals surface area contributed by atoms with E-state index in [9.17, 15) is 4.79 Å². The number of nitrogens with zero attached hydrogens (tertiary/aromatic N) is 1. The summed E-state index contributed by atoms with van der Waals surface area (Å²) in [5, 5.41) is 1.58. The molecule has 2 aromatic rings. The molecule has 22 heavy (non-hydrogen) atoms. The summed E-state index contributed by atoms with van der Waals surface area (Å²) < 4.78 is 0. The van der Waals surface area contributed by atoms with Crippen LogP contribution in [-0.2, 0) is 0 Å².